The highest BCUT2D eigenvalue weighted by Crippen LogP contribution is 2.39. The normalized spacial score (nSPS) is 10.7. The second-order valence-corrected chi connectivity index (χ2v) is 7.43. The lowest BCUT2D eigenvalue weighted by Gasteiger charge is -2.14. The Hall–Kier alpha value is -3.84. The third-order valence-corrected chi connectivity index (χ3v) is 5.43. The number of aromatic nitrogens is 2. The third-order valence-electron chi connectivity index (χ3n) is 5.08. The van der Waals surface area contributed by atoms with Crippen molar-refractivity contribution >= 4 is 11.6 Å². The average molecular weight is 467 g/mol. The van der Waals surface area contributed by atoms with Crippen molar-refractivity contribution in [1.82, 2.24) is 9.97 Å². The van der Waals surface area contributed by atoms with E-state index in [0.717, 1.165) is 5.56 Å². The SMILES string of the molecule is COc1ccc(-c2cncnc2-c2ccc(OCc3c(F)cccc3Cl)cc2O)cc1OC. The number of benzene rings is 3. The molecule has 1 N–H and O–H groups in total. The summed E-state index contributed by atoms with van der Waals surface area (Å²) in [5.41, 5.74) is 2.74. The van der Waals surface area contributed by atoms with Gasteiger partial charge < -0.3 is 19.3 Å². The summed E-state index contributed by atoms with van der Waals surface area (Å²) >= 11 is 6.05. The van der Waals surface area contributed by atoms with Gasteiger partial charge in [-0.05, 0) is 42.0 Å². The fourth-order valence-corrected chi connectivity index (χ4v) is 3.60. The van der Waals surface area contributed by atoms with E-state index in [1.807, 2.05) is 12.1 Å². The van der Waals surface area contributed by atoms with Crippen molar-refractivity contribution in [2.24, 2.45) is 0 Å². The lowest BCUT2D eigenvalue weighted by Crippen LogP contribution is -2.00. The molecular weight excluding hydrogens is 447 g/mol. The predicted molar refractivity (Wildman–Crippen MR) is 123 cm³/mol. The Morgan fingerprint density at radius 3 is 2.52 bits per heavy atom. The van der Waals surface area contributed by atoms with Crippen LogP contribution in [0.2, 0.25) is 5.02 Å². The number of aromatic hydroxyl groups is 1. The van der Waals surface area contributed by atoms with Crippen molar-refractivity contribution in [3.8, 4) is 45.4 Å². The van der Waals surface area contributed by atoms with E-state index in [1.165, 1.54) is 24.5 Å². The molecule has 0 unspecified atom stereocenters. The first kappa shape index (κ1) is 22.4. The Labute approximate surface area is 195 Å². The Bertz CT molecular complexity index is 1280. The summed E-state index contributed by atoms with van der Waals surface area (Å²) in [5, 5.41) is 11.0. The molecule has 0 radical (unpaired) electrons. The standard InChI is InChI=1S/C25H20ClFN2O4/c1-31-23-9-6-15(10-24(23)32-2)18-12-28-14-29-25(18)17-8-7-16(11-22(17)30)33-13-19-20(26)4-3-5-21(19)27/h3-12,14,30H,13H2,1-2H3. The maximum absolute atomic E-state index is 14.0. The van der Waals surface area contributed by atoms with Gasteiger partial charge in [0.25, 0.3) is 0 Å². The number of phenols is 1. The number of methoxy groups -OCH3 is 2. The molecule has 1 aromatic heterocycles. The quantitative estimate of drug-likeness (QED) is 0.365. The lowest BCUT2D eigenvalue weighted by molar-refractivity contribution is 0.298. The van der Waals surface area contributed by atoms with Gasteiger partial charge in [0.05, 0.1) is 24.9 Å². The van der Waals surface area contributed by atoms with E-state index in [0.29, 0.717) is 34.1 Å². The summed E-state index contributed by atoms with van der Waals surface area (Å²) < 4.78 is 30.3. The minimum Gasteiger partial charge on any atom is -0.507 e. The van der Waals surface area contributed by atoms with Gasteiger partial charge >= 0.3 is 0 Å². The van der Waals surface area contributed by atoms with Crippen LogP contribution in [0.1, 0.15) is 5.56 Å². The van der Waals surface area contributed by atoms with E-state index >= 15 is 0 Å². The summed E-state index contributed by atoms with van der Waals surface area (Å²) in [4.78, 5) is 8.51. The van der Waals surface area contributed by atoms with Gasteiger partial charge in [0, 0.05) is 29.0 Å². The van der Waals surface area contributed by atoms with Gasteiger partial charge in [-0.3, -0.25) is 0 Å². The highest BCUT2D eigenvalue weighted by Gasteiger charge is 2.16. The molecule has 0 amide bonds. The lowest BCUT2D eigenvalue weighted by atomic mass is 9.99. The molecule has 0 aliphatic carbocycles. The van der Waals surface area contributed by atoms with E-state index in [1.54, 1.807) is 44.7 Å². The number of nitrogens with zero attached hydrogens (tertiary/aromatic N) is 2. The van der Waals surface area contributed by atoms with Gasteiger partial charge in [-0.2, -0.15) is 0 Å². The van der Waals surface area contributed by atoms with Crippen LogP contribution in [0.15, 0.2) is 67.1 Å². The van der Waals surface area contributed by atoms with Gasteiger partial charge in [-0.15, -0.1) is 0 Å². The van der Waals surface area contributed by atoms with Crippen LogP contribution in [0.5, 0.6) is 23.0 Å². The Kier molecular flexibility index (Phi) is 6.60. The predicted octanol–water partition coefficient (Wildman–Crippen LogP) is 5.90. The summed E-state index contributed by atoms with van der Waals surface area (Å²) in [6.45, 7) is -0.0747. The second-order valence-electron chi connectivity index (χ2n) is 7.02. The number of ether oxygens (including phenoxy) is 3. The number of halogens is 2. The first-order valence-electron chi connectivity index (χ1n) is 9.93. The Morgan fingerprint density at radius 1 is 0.970 bits per heavy atom. The average Bonchev–Trinajstić information content (AvgIpc) is 2.83. The van der Waals surface area contributed by atoms with Crippen molar-refractivity contribution in [2.75, 3.05) is 14.2 Å². The molecule has 0 saturated heterocycles. The molecule has 168 valence electrons. The van der Waals surface area contributed by atoms with Crippen LogP contribution in [0, 0.1) is 5.82 Å². The van der Waals surface area contributed by atoms with Crippen LogP contribution in [-0.2, 0) is 6.61 Å². The van der Waals surface area contributed by atoms with Gasteiger partial charge in [-0.1, -0.05) is 23.7 Å². The van der Waals surface area contributed by atoms with E-state index in [4.69, 9.17) is 25.8 Å². The molecule has 33 heavy (non-hydrogen) atoms. The first-order valence-corrected chi connectivity index (χ1v) is 10.3. The molecule has 6 nitrogen and oxygen atoms in total. The van der Waals surface area contributed by atoms with E-state index in [2.05, 4.69) is 9.97 Å². The second kappa shape index (κ2) is 9.75. The first-order chi connectivity index (χ1) is 16.0. The molecule has 4 rings (SSSR count). The maximum Gasteiger partial charge on any atom is 0.161 e. The fraction of sp³-hybridized carbons (Fsp3) is 0.120. The topological polar surface area (TPSA) is 73.7 Å². The van der Waals surface area contributed by atoms with Crippen LogP contribution < -0.4 is 14.2 Å². The molecule has 0 aliphatic heterocycles. The minimum atomic E-state index is -0.455. The van der Waals surface area contributed by atoms with Crippen LogP contribution >= 0.6 is 11.6 Å². The molecule has 1 heterocycles. The van der Waals surface area contributed by atoms with Gasteiger partial charge in [0.2, 0.25) is 0 Å². The highest BCUT2D eigenvalue weighted by atomic mass is 35.5. The monoisotopic (exact) mass is 466 g/mol. The number of hydrogen-bond donors (Lipinski definition) is 1. The van der Waals surface area contributed by atoms with E-state index < -0.39 is 5.82 Å². The molecule has 0 bridgehead atoms. The zero-order valence-corrected chi connectivity index (χ0v) is 18.6. The van der Waals surface area contributed by atoms with Crippen LogP contribution in [0.4, 0.5) is 4.39 Å². The maximum atomic E-state index is 14.0. The van der Waals surface area contributed by atoms with Crippen LogP contribution in [0.3, 0.4) is 0 Å². The van der Waals surface area contributed by atoms with Crippen LogP contribution in [-0.4, -0.2) is 29.3 Å². The summed E-state index contributed by atoms with van der Waals surface area (Å²) in [6, 6.07) is 14.7. The number of phenolic OH excluding ortho intramolecular Hbond substituents is 1. The Morgan fingerprint density at radius 2 is 1.79 bits per heavy atom. The Balaban J connectivity index is 1.64. The molecule has 0 saturated carbocycles. The van der Waals surface area contributed by atoms with Gasteiger partial charge in [0.15, 0.2) is 11.5 Å². The molecule has 0 aliphatic rings. The van der Waals surface area contributed by atoms with Crippen molar-refractivity contribution in [3.05, 3.63) is 83.5 Å². The molecule has 3 aromatic carbocycles. The molecule has 0 atom stereocenters. The van der Waals surface area contributed by atoms with Crippen molar-refractivity contribution in [1.29, 1.82) is 0 Å². The third kappa shape index (κ3) is 4.68. The zero-order chi connectivity index (χ0) is 23.4. The summed E-state index contributed by atoms with van der Waals surface area (Å²) in [5.74, 6) is 1.01. The van der Waals surface area contributed by atoms with Crippen molar-refractivity contribution in [2.45, 2.75) is 6.61 Å². The fourth-order valence-electron chi connectivity index (χ4n) is 3.39. The van der Waals surface area contributed by atoms with Crippen molar-refractivity contribution in [3.63, 3.8) is 0 Å². The molecule has 4 aromatic rings. The van der Waals surface area contributed by atoms with Crippen LogP contribution in [0.25, 0.3) is 22.4 Å². The molecule has 8 heteroatoms. The smallest absolute Gasteiger partial charge is 0.161 e. The molecule has 0 fully saturated rings. The van der Waals surface area contributed by atoms with Gasteiger partial charge in [0.1, 0.15) is 30.3 Å². The van der Waals surface area contributed by atoms with Gasteiger partial charge in [-0.25, -0.2) is 14.4 Å². The number of rotatable bonds is 7. The minimum absolute atomic E-state index is 0.0486. The zero-order valence-electron chi connectivity index (χ0n) is 17.9. The largest absolute Gasteiger partial charge is 0.507 e. The van der Waals surface area contributed by atoms with E-state index in [-0.39, 0.29) is 22.9 Å². The van der Waals surface area contributed by atoms with E-state index in [9.17, 15) is 9.50 Å². The highest BCUT2D eigenvalue weighted by molar-refractivity contribution is 6.31. The number of hydrogen-bond acceptors (Lipinski definition) is 6. The molecule has 0 spiro atoms. The summed E-state index contributed by atoms with van der Waals surface area (Å²) in [7, 11) is 3.12. The van der Waals surface area contributed by atoms with Crippen molar-refractivity contribution < 1.29 is 23.7 Å². The molecular formula is C25H20ClFN2O4. The summed E-state index contributed by atoms with van der Waals surface area (Å²) in [6.07, 6.45) is 3.07.